The fourth-order valence-corrected chi connectivity index (χ4v) is 2.84. The fraction of sp³-hybridized carbons (Fsp3) is 0.208. The molecule has 0 aliphatic heterocycles. The second-order valence-corrected chi connectivity index (χ2v) is 7.83. The largest absolute Gasteiger partial charge is 0.307 e. The SMILES string of the molecule is CC(C)(C)c1cc(NC(=O)/C=C/c2ccccc2C#N)n(Cc2ccccc2)n1. The number of hydrogen-bond acceptors (Lipinski definition) is 3. The van der Waals surface area contributed by atoms with Gasteiger partial charge in [-0.05, 0) is 23.3 Å². The smallest absolute Gasteiger partial charge is 0.249 e. The first-order valence-electron chi connectivity index (χ1n) is 9.47. The maximum Gasteiger partial charge on any atom is 0.249 e. The number of rotatable bonds is 5. The lowest BCUT2D eigenvalue weighted by Crippen LogP contribution is -2.14. The monoisotopic (exact) mass is 384 g/mol. The van der Waals surface area contributed by atoms with Crippen molar-refractivity contribution in [3.05, 3.63) is 89.1 Å². The minimum atomic E-state index is -0.271. The Hall–Kier alpha value is -3.65. The molecular formula is C24H24N4O. The van der Waals surface area contributed by atoms with Gasteiger partial charge in [0.15, 0.2) is 0 Å². The van der Waals surface area contributed by atoms with Crippen LogP contribution in [-0.2, 0) is 16.8 Å². The number of benzene rings is 2. The third-order valence-corrected chi connectivity index (χ3v) is 4.47. The van der Waals surface area contributed by atoms with E-state index in [1.54, 1.807) is 24.3 Å². The zero-order valence-corrected chi connectivity index (χ0v) is 16.9. The lowest BCUT2D eigenvalue weighted by atomic mass is 9.92. The first-order valence-corrected chi connectivity index (χ1v) is 9.47. The van der Waals surface area contributed by atoms with E-state index < -0.39 is 0 Å². The van der Waals surface area contributed by atoms with E-state index in [1.807, 2.05) is 47.1 Å². The normalized spacial score (nSPS) is 11.4. The van der Waals surface area contributed by atoms with E-state index in [0.29, 0.717) is 23.5 Å². The third kappa shape index (κ3) is 5.20. The molecule has 0 saturated carbocycles. The molecule has 1 amide bonds. The molecule has 0 aliphatic rings. The summed E-state index contributed by atoms with van der Waals surface area (Å²) in [7, 11) is 0. The van der Waals surface area contributed by atoms with Crippen molar-refractivity contribution in [3.8, 4) is 6.07 Å². The van der Waals surface area contributed by atoms with Crippen LogP contribution in [0, 0.1) is 11.3 Å². The first kappa shape index (κ1) is 20.1. The Labute approximate surface area is 171 Å². The van der Waals surface area contributed by atoms with Crippen molar-refractivity contribution < 1.29 is 4.79 Å². The van der Waals surface area contributed by atoms with Gasteiger partial charge in [-0.25, -0.2) is 4.68 Å². The van der Waals surface area contributed by atoms with Crippen molar-refractivity contribution in [2.45, 2.75) is 32.7 Å². The summed E-state index contributed by atoms with van der Waals surface area (Å²) >= 11 is 0. The van der Waals surface area contributed by atoms with E-state index in [0.717, 1.165) is 11.3 Å². The molecule has 3 rings (SSSR count). The summed E-state index contributed by atoms with van der Waals surface area (Å²) in [5.41, 5.74) is 3.11. The van der Waals surface area contributed by atoms with Gasteiger partial charge in [0, 0.05) is 17.6 Å². The maximum atomic E-state index is 12.5. The highest BCUT2D eigenvalue weighted by atomic mass is 16.1. The van der Waals surface area contributed by atoms with Crippen LogP contribution in [0.25, 0.3) is 6.08 Å². The van der Waals surface area contributed by atoms with Crippen LogP contribution in [0.15, 0.2) is 66.7 Å². The molecule has 146 valence electrons. The summed E-state index contributed by atoms with van der Waals surface area (Å²) in [4.78, 5) is 12.5. The second-order valence-electron chi connectivity index (χ2n) is 7.83. The van der Waals surface area contributed by atoms with Gasteiger partial charge in [-0.15, -0.1) is 0 Å². The van der Waals surface area contributed by atoms with Gasteiger partial charge in [0.25, 0.3) is 0 Å². The molecule has 0 atom stereocenters. The molecule has 0 bridgehead atoms. The number of nitrogens with one attached hydrogen (secondary N) is 1. The summed E-state index contributed by atoms with van der Waals surface area (Å²) in [6.45, 7) is 6.83. The Balaban J connectivity index is 1.83. The molecule has 0 fully saturated rings. The highest BCUT2D eigenvalue weighted by molar-refractivity contribution is 6.01. The Morgan fingerprint density at radius 2 is 1.83 bits per heavy atom. The zero-order valence-electron chi connectivity index (χ0n) is 16.9. The lowest BCUT2D eigenvalue weighted by Gasteiger charge is -2.14. The Morgan fingerprint density at radius 3 is 2.52 bits per heavy atom. The second kappa shape index (κ2) is 8.57. The predicted molar refractivity (Wildman–Crippen MR) is 115 cm³/mol. The number of nitrogens with zero attached hydrogens (tertiary/aromatic N) is 3. The summed E-state index contributed by atoms with van der Waals surface area (Å²) in [5.74, 6) is 0.370. The number of nitriles is 1. The highest BCUT2D eigenvalue weighted by Gasteiger charge is 2.20. The molecule has 0 saturated heterocycles. The van der Waals surface area contributed by atoms with Crippen LogP contribution < -0.4 is 5.32 Å². The van der Waals surface area contributed by atoms with E-state index in [1.165, 1.54) is 6.08 Å². The summed E-state index contributed by atoms with van der Waals surface area (Å²) < 4.78 is 1.81. The van der Waals surface area contributed by atoms with Crippen molar-refractivity contribution in [3.63, 3.8) is 0 Å². The maximum absolute atomic E-state index is 12.5. The van der Waals surface area contributed by atoms with Crippen molar-refractivity contribution >= 4 is 17.8 Å². The van der Waals surface area contributed by atoms with Gasteiger partial charge < -0.3 is 5.32 Å². The van der Waals surface area contributed by atoms with Crippen LogP contribution in [0.4, 0.5) is 5.82 Å². The number of amides is 1. The van der Waals surface area contributed by atoms with Crippen LogP contribution in [0.2, 0.25) is 0 Å². The molecule has 5 nitrogen and oxygen atoms in total. The molecule has 5 heteroatoms. The van der Waals surface area contributed by atoms with Crippen LogP contribution >= 0.6 is 0 Å². The van der Waals surface area contributed by atoms with Gasteiger partial charge in [-0.3, -0.25) is 4.79 Å². The van der Waals surface area contributed by atoms with E-state index in [2.05, 4.69) is 32.2 Å². The van der Waals surface area contributed by atoms with Gasteiger partial charge >= 0.3 is 0 Å². The summed E-state index contributed by atoms with van der Waals surface area (Å²) in [6, 6.07) is 21.2. The number of hydrogen-bond donors (Lipinski definition) is 1. The molecule has 2 aromatic carbocycles. The van der Waals surface area contributed by atoms with Crippen molar-refractivity contribution in [1.82, 2.24) is 9.78 Å². The van der Waals surface area contributed by atoms with Gasteiger partial charge in [-0.1, -0.05) is 69.3 Å². The van der Waals surface area contributed by atoms with E-state index in [4.69, 9.17) is 5.10 Å². The first-order chi connectivity index (χ1) is 13.9. The molecule has 0 spiro atoms. The Bertz CT molecular complexity index is 1070. The van der Waals surface area contributed by atoms with Gasteiger partial charge in [0.2, 0.25) is 5.91 Å². The molecule has 0 unspecified atom stereocenters. The van der Waals surface area contributed by atoms with Crippen LogP contribution in [-0.4, -0.2) is 15.7 Å². The number of aromatic nitrogens is 2. The standard InChI is InChI=1S/C24H24N4O/c1-24(2,3)21-15-22(28(27-21)17-18-9-5-4-6-10-18)26-23(29)14-13-19-11-7-8-12-20(19)16-25/h4-15H,17H2,1-3H3,(H,26,29)/b14-13+. The Kier molecular flexibility index (Phi) is 5.94. The zero-order chi connectivity index (χ0) is 20.9. The quantitative estimate of drug-likeness (QED) is 0.645. The predicted octanol–water partition coefficient (Wildman–Crippen LogP) is 4.75. The lowest BCUT2D eigenvalue weighted by molar-refractivity contribution is -0.111. The minimum Gasteiger partial charge on any atom is -0.307 e. The molecular weight excluding hydrogens is 360 g/mol. The average Bonchev–Trinajstić information content (AvgIpc) is 3.10. The van der Waals surface area contributed by atoms with Crippen LogP contribution in [0.3, 0.4) is 0 Å². The number of anilines is 1. The Morgan fingerprint density at radius 1 is 1.14 bits per heavy atom. The van der Waals surface area contributed by atoms with E-state index >= 15 is 0 Å². The van der Waals surface area contributed by atoms with E-state index in [-0.39, 0.29) is 11.3 Å². The van der Waals surface area contributed by atoms with Crippen LogP contribution in [0.1, 0.15) is 43.2 Å². The molecule has 1 N–H and O–H groups in total. The summed E-state index contributed by atoms with van der Waals surface area (Å²) in [5, 5.41) is 16.8. The molecule has 0 radical (unpaired) electrons. The topological polar surface area (TPSA) is 70.7 Å². The van der Waals surface area contributed by atoms with Crippen molar-refractivity contribution in [1.29, 1.82) is 5.26 Å². The minimum absolute atomic E-state index is 0.136. The number of carbonyl (C=O) groups excluding carboxylic acids is 1. The molecule has 0 aliphatic carbocycles. The van der Waals surface area contributed by atoms with Crippen molar-refractivity contribution in [2.24, 2.45) is 0 Å². The van der Waals surface area contributed by atoms with Gasteiger partial charge in [-0.2, -0.15) is 10.4 Å². The third-order valence-electron chi connectivity index (χ3n) is 4.47. The van der Waals surface area contributed by atoms with Crippen LogP contribution in [0.5, 0.6) is 0 Å². The van der Waals surface area contributed by atoms with Crippen molar-refractivity contribution in [2.75, 3.05) is 5.32 Å². The highest BCUT2D eigenvalue weighted by Crippen LogP contribution is 2.24. The fourth-order valence-electron chi connectivity index (χ4n) is 2.84. The number of carbonyl (C=O) groups is 1. The molecule has 3 aromatic rings. The van der Waals surface area contributed by atoms with Gasteiger partial charge in [0.1, 0.15) is 5.82 Å². The van der Waals surface area contributed by atoms with E-state index in [9.17, 15) is 10.1 Å². The average molecular weight is 384 g/mol. The molecule has 1 aromatic heterocycles. The molecule has 1 heterocycles. The summed E-state index contributed by atoms with van der Waals surface area (Å²) in [6.07, 6.45) is 3.09. The van der Waals surface area contributed by atoms with Gasteiger partial charge in [0.05, 0.1) is 23.9 Å². The molecule has 29 heavy (non-hydrogen) atoms.